The van der Waals surface area contributed by atoms with Crippen LogP contribution in [0.4, 0.5) is 0 Å². The van der Waals surface area contributed by atoms with E-state index in [0.717, 1.165) is 0 Å². The number of ether oxygens (including phenoxy) is 1. The topological polar surface area (TPSA) is 144 Å². The Morgan fingerprint density at radius 3 is 2.73 bits per heavy atom. The number of fused-ring (bicyclic) bond motifs is 3. The molecule has 1 aliphatic rings. The molecule has 0 spiro atoms. The van der Waals surface area contributed by atoms with Gasteiger partial charge in [0.25, 0.3) is 0 Å². The van der Waals surface area contributed by atoms with E-state index < -0.39 is 32.9 Å². The number of imidazole rings is 2. The van der Waals surface area contributed by atoms with Crippen molar-refractivity contribution in [2.24, 2.45) is 0 Å². The molecule has 4 rings (SSSR count). The molecule has 26 heavy (non-hydrogen) atoms. The second-order valence-electron chi connectivity index (χ2n) is 5.45. The third-order valence-corrected chi connectivity index (χ3v) is 4.36. The van der Waals surface area contributed by atoms with E-state index in [1.165, 1.54) is 6.33 Å². The van der Waals surface area contributed by atoms with Gasteiger partial charge >= 0.3 is 7.82 Å². The molecule has 0 saturated carbocycles. The molecule has 3 aromatic rings. The number of aliphatic hydroxyl groups is 1. The Labute approximate surface area is 191 Å². The Hall–Kier alpha value is 0.120. The first-order valence-corrected chi connectivity index (χ1v) is 8.63. The monoisotopic (exact) mass is 401 g/mol. The van der Waals surface area contributed by atoms with Crippen LogP contribution in [0, 0.1) is 0 Å². The number of aromatic nitrogens is 5. The second kappa shape index (κ2) is 8.64. The van der Waals surface area contributed by atoms with Gasteiger partial charge in [-0.3, -0.25) is 13.5 Å². The molecule has 4 heterocycles. The van der Waals surface area contributed by atoms with Crippen LogP contribution < -0.4 is 0 Å². The first-order chi connectivity index (χ1) is 11.4. The molecule has 3 atom stereocenters. The number of rotatable bonds is 4. The van der Waals surface area contributed by atoms with E-state index in [1.807, 2.05) is 0 Å². The predicted octanol–water partition coefficient (Wildman–Crippen LogP) is -0.925. The van der Waals surface area contributed by atoms with Crippen LogP contribution in [0.2, 0.25) is 0 Å². The SMILES string of the molecule is O=P(O)(O)OC[C@H]1O[C@@H](n2cnc3c2ncn2ccnc32)C[C@@H]1O.[Na].[Na]. The molecule has 3 aromatic heterocycles. The Balaban J connectivity index is 0.00000121. The fraction of sp³-hybridized carbons (Fsp3) is 0.417. The third-order valence-electron chi connectivity index (χ3n) is 3.87. The van der Waals surface area contributed by atoms with E-state index in [-0.39, 0.29) is 65.5 Å². The van der Waals surface area contributed by atoms with Gasteiger partial charge in [-0.25, -0.2) is 19.5 Å². The van der Waals surface area contributed by atoms with Crippen LogP contribution in [0.5, 0.6) is 0 Å². The maximum absolute atomic E-state index is 10.8. The largest absolute Gasteiger partial charge is 0.469 e. The Kier molecular flexibility index (Phi) is 7.45. The van der Waals surface area contributed by atoms with Crippen molar-refractivity contribution in [2.75, 3.05) is 6.61 Å². The normalized spacial score (nSPS) is 23.1. The van der Waals surface area contributed by atoms with Gasteiger partial charge in [0.15, 0.2) is 16.8 Å². The van der Waals surface area contributed by atoms with Crippen molar-refractivity contribution in [3.63, 3.8) is 0 Å². The van der Waals surface area contributed by atoms with Crippen LogP contribution in [0.15, 0.2) is 25.0 Å². The van der Waals surface area contributed by atoms with Crippen LogP contribution in [-0.4, -0.2) is 117 Å². The molecule has 2 radical (unpaired) electrons. The van der Waals surface area contributed by atoms with Gasteiger partial charge in [-0.2, -0.15) is 0 Å². The van der Waals surface area contributed by atoms with Gasteiger partial charge in [0.2, 0.25) is 0 Å². The summed E-state index contributed by atoms with van der Waals surface area (Å²) >= 11 is 0. The van der Waals surface area contributed by atoms with E-state index in [9.17, 15) is 9.67 Å². The molecule has 0 aromatic carbocycles. The van der Waals surface area contributed by atoms with Gasteiger partial charge in [0, 0.05) is 77.9 Å². The van der Waals surface area contributed by atoms with Crippen molar-refractivity contribution in [1.82, 2.24) is 23.9 Å². The van der Waals surface area contributed by atoms with Gasteiger partial charge in [0.1, 0.15) is 18.7 Å². The number of hydrogen-bond acceptors (Lipinski definition) is 7. The molecule has 1 fully saturated rings. The fourth-order valence-electron chi connectivity index (χ4n) is 2.76. The van der Waals surface area contributed by atoms with Crippen LogP contribution in [0.3, 0.4) is 0 Å². The van der Waals surface area contributed by atoms with Crippen molar-refractivity contribution in [3.8, 4) is 0 Å². The van der Waals surface area contributed by atoms with Crippen molar-refractivity contribution >= 4 is 83.7 Å². The first-order valence-electron chi connectivity index (χ1n) is 7.10. The van der Waals surface area contributed by atoms with Crippen molar-refractivity contribution in [3.05, 3.63) is 25.0 Å². The quantitative estimate of drug-likeness (QED) is 0.373. The first kappa shape index (κ1) is 22.4. The minimum atomic E-state index is -4.62. The Bertz CT molecular complexity index is 945. The van der Waals surface area contributed by atoms with E-state index in [0.29, 0.717) is 16.8 Å². The van der Waals surface area contributed by atoms with Crippen molar-refractivity contribution in [2.45, 2.75) is 24.9 Å². The summed E-state index contributed by atoms with van der Waals surface area (Å²) in [5.74, 6) is 0. The average Bonchev–Trinajstić information content (AvgIpc) is 3.20. The summed E-state index contributed by atoms with van der Waals surface area (Å²) in [4.78, 5) is 30.4. The molecular formula is C12H14N5Na2O6P. The minimum Gasteiger partial charge on any atom is -0.390 e. The molecule has 1 saturated heterocycles. The predicted molar refractivity (Wildman–Crippen MR) is 90.3 cm³/mol. The van der Waals surface area contributed by atoms with Crippen LogP contribution in [0.1, 0.15) is 12.6 Å². The molecule has 0 aliphatic carbocycles. The Morgan fingerprint density at radius 2 is 2.00 bits per heavy atom. The summed E-state index contributed by atoms with van der Waals surface area (Å²) in [7, 11) is -4.62. The zero-order valence-electron chi connectivity index (χ0n) is 14.2. The van der Waals surface area contributed by atoms with Crippen molar-refractivity contribution < 1.29 is 28.7 Å². The maximum Gasteiger partial charge on any atom is 0.469 e. The molecule has 0 unspecified atom stereocenters. The van der Waals surface area contributed by atoms with E-state index in [4.69, 9.17) is 14.5 Å². The van der Waals surface area contributed by atoms with E-state index >= 15 is 0 Å². The smallest absolute Gasteiger partial charge is 0.390 e. The minimum absolute atomic E-state index is 0. The molecule has 0 amide bonds. The number of phosphoric acid groups is 1. The van der Waals surface area contributed by atoms with Gasteiger partial charge in [-0.1, -0.05) is 0 Å². The zero-order chi connectivity index (χ0) is 16.9. The Morgan fingerprint density at radius 1 is 1.23 bits per heavy atom. The second-order valence-corrected chi connectivity index (χ2v) is 6.68. The summed E-state index contributed by atoms with van der Waals surface area (Å²) in [6.45, 7) is -0.410. The van der Waals surface area contributed by atoms with Gasteiger partial charge in [-0.05, 0) is 0 Å². The van der Waals surface area contributed by atoms with E-state index in [2.05, 4.69) is 19.5 Å². The molecule has 11 nitrogen and oxygen atoms in total. The summed E-state index contributed by atoms with van der Waals surface area (Å²) < 4.78 is 24.2. The number of hydrogen-bond donors (Lipinski definition) is 3. The van der Waals surface area contributed by atoms with Crippen LogP contribution >= 0.6 is 7.82 Å². The zero-order valence-corrected chi connectivity index (χ0v) is 19.1. The fourth-order valence-corrected chi connectivity index (χ4v) is 3.10. The number of phosphoric ester groups is 1. The summed E-state index contributed by atoms with van der Waals surface area (Å²) in [6.07, 6.45) is 4.41. The summed E-state index contributed by atoms with van der Waals surface area (Å²) in [5.41, 5.74) is 1.79. The molecule has 0 bridgehead atoms. The number of nitrogens with zero attached hydrogens (tertiary/aromatic N) is 5. The molecule has 14 heteroatoms. The van der Waals surface area contributed by atoms with E-state index in [1.54, 1.807) is 27.7 Å². The standard InChI is InChI=1S/C12H14N5O6P.2Na/c18-7-3-9(23-8(7)4-22-24(19,20)21)17-6-14-10-11-13-1-2-16(11)5-15-12(10)17;;/h1-2,5-9,18H,3-4H2,(H2,19,20,21);;/t7-,8+,9+;;/m0../s1. The maximum atomic E-state index is 10.8. The van der Waals surface area contributed by atoms with Crippen molar-refractivity contribution in [1.29, 1.82) is 0 Å². The summed E-state index contributed by atoms with van der Waals surface area (Å²) in [6, 6.07) is 0. The molecule has 130 valence electrons. The molecule has 1 aliphatic heterocycles. The third kappa shape index (κ3) is 4.40. The molecular weight excluding hydrogens is 387 g/mol. The summed E-state index contributed by atoms with van der Waals surface area (Å²) in [5, 5.41) is 10.0. The van der Waals surface area contributed by atoms with Gasteiger partial charge in [-0.15, -0.1) is 0 Å². The van der Waals surface area contributed by atoms with Crippen LogP contribution in [0.25, 0.3) is 16.8 Å². The average molecular weight is 401 g/mol. The van der Waals surface area contributed by atoms with Crippen LogP contribution in [-0.2, 0) is 13.8 Å². The van der Waals surface area contributed by atoms with Gasteiger partial charge < -0.3 is 19.6 Å². The molecule has 3 N–H and O–H groups in total. The van der Waals surface area contributed by atoms with Gasteiger partial charge in [0.05, 0.1) is 19.0 Å². The number of aliphatic hydroxyl groups excluding tert-OH is 1.